The van der Waals surface area contributed by atoms with E-state index >= 15 is 0 Å². The molecule has 0 fully saturated rings. The quantitative estimate of drug-likeness (QED) is 0.250. The van der Waals surface area contributed by atoms with Crippen molar-refractivity contribution in [2.75, 3.05) is 12.9 Å². The molecule has 0 aliphatic heterocycles. The van der Waals surface area contributed by atoms with Gasteiger partial charge in [-0.05, 0) is 79.5 Å². The molecule has 33 heavy (non-hydrogen) atoms. The lowest BCUT2D eigenvalue weighted by atomic mass is 9.98. The first kappa shape index (κ1) is 23.4. The Hall–Kier alpha value is -2.76. The number of halogens is 1. The molecule has 4 rings (SSSR count). The minimum absolute atomic E-state index is 0.317. The van der Waals surface area contributed by atoms with Gasteiger partial charge in [0.1, 0.15) is 12.4 Å². The van der Waals surface area contributed by atoms with E-state index in [1.165, 1.54) is 17.3 Å². The molecule has 0 radical (unpaired) electrons. The molecule has 0 spiro atoms. The molecular formula is C27H26ClNO3S. The molecule has 0 saturated heterocycles. The van der Waals surface area contributed by atoms with Gasteiger partial charge in [-0.1, -0.05) is 41.9 Å². The lowest BCUT2D eigenvalue weighted by Gasteiger charge is -2.15. The number of ether oxygens (including phenoxy) is 2. The van der Waals surface area contributed by atoms with Gasteiger partial charge < -0.3 is 9.47 Å². The van der Waals surface area contributed by atoms with Crippen LogP contribution in [0, 0.1) is 0 Å². The lowest BCUT2D eigenvalue weighted by Crippen LogP contribution is -2.10. The summed E-state index contributed by atoms with van der Waals surface area (Å²) < 4.78 is 11.5. The average molecular weight is 480 g/mol. The topological polar surface area (TPSA) is 48.4 Å². The summed E-state index contributed by atoms with van der Waals surface area (Å²) in [4.78, 5) is 18.1. The van der Waals surface area contributed by atoms with E-state index < -0.39 is 5.97 Å². The summed E-state index contributed by atoms with van der Waals surface area (Å²) in [5.74, 6) is 0.405. The number of hydrogen-bond donors (Lipinski definition) is 0. The van der Waals surface area contributed by atoms with Crippen LogP contribution in [0.4, 0.5) is 0 Å². The van der Waals surface area contributed by atoms with E-state index in [1.807, 2.05) is 66.9 Å². The summed E-state index contributed by atoms with van der Waals surface area (Å²) in [5.41, 5.74) is 5.55. The van der Waals surface area contributed by atoms with Crippen molar-refractivity contribution in [2.45, 2.75) is 37.7 Å². The second-order valence-electron chi connectivity index (χ2n) is 7.69. The Morgan fingerprint density at radius 3 is 2.61 bits per heavy atom. The second-order valence-corrected chi connectivity index (χ2v) is 8.98. The van der Waals surface area contributed by atoms with Crippen molar-refractivity contribution in [1.29, 1.82) is 0 Å². The Kier molecular flexibility index (Phi) is 7.73. The zero-order chi connectivity index (χ0) is 23.2. The molecule has 6 heteroatoms. The number of pyridine rings is 1. The summed E-state index contributed by atoms with van der Waals surface area (Å²) in [6.07, 6.45) is 4.73. The van der Waals surface area contributed by atoms with Crippen molar-refractivity contribution < 1.29 is 14.3 Å². The zero-order valence-corrected chi connectivity index (χ0v) is 20.3. The van der Waals surface area contributed by atoms with Crippen LogP contribution in [-0.4, -0.2) is 23.8 Å². The Balaban J connectivity index is 1.73. The van der Waals surface area contributed by atoms with Gasteiger partial charge in [-0.2, -0.15) is 0 Å². The standard InChI is InChI=1S/C27H26ClNO3S/c1-3-31-27(30)26-25(33-2)15-13-23(29-26)21-11-7-10-20(21)22-16-19(28)12-14-24(22)32-17-18-8-5-4-6-9-18/h4-6,8-9,12-16H,3,7,10-11,17H2,1-2H3. The van der Waals surface area contributed by atoms with E-state index in [-0.39, 0.29) is 0 Å². The number of aromatic nitrogens is 1. The van der Waals surface area contributed by atoms with Crippen LogP contribution < -0.4 is 4.74 Å². The van der Waals surface area contributed by atoms with Crippen molar-refractivity contribution >= 4 is 40.5 Å². The molecule has 0 amide bonds. The van der Waals surface area contributed by atoms with Gasteiger partial charge in [0.05, 0.1) is 12.3 Å². The van der Waals surface area contributed by atoms with E-state index in [0.29, 0.717) is 23.9 Å². The van der Waals surface area contributed by atoms with Gasteiger partial charge in [-0.15, -0.1) is 11.8 Å². The van der Waals surface area contributed by atoms with E-state index in [0.717, 1.165) is 52.3 Å². The minimum atomic E-state index is -0.390. The first-order chi connectivity index (χ1) is 16.1. The second kappa shape index (κ2) is 10.9. The predicted octanol–water partition coefficient (Wildman–Crippen LogP) is 7.31. The molecule has 0 N–H and O–H groups in total. The molecular weight excluding hydrogens is 454 g/mol. The van der Waals surface area contributed by atoms with E-state index in [9.17, 15) is 4.79 Å². The molecule has 1 aliphatic rings. The van der Waals surface area contributed by atoms with Gasteiger partial charge in [0.15, 0.2) is 5.69 Å². The average Bonchev–Trinajstić information content (AvgIpc) is 3.33. The molecule has 3 aromatic rings. The molecule has 0 bridgehead atoms. The van der Waals surface area contributed by atoms with Crippen molar-refractivity contribution in [2.24, 2.45) is 0 Å². The summed E-state index contributed by atoms with van der Waals surface area (Å²) in [5, 5.41) is 0.661. The molecule has 1 aliphatic carbocycles. The monoisotopic (exact) mass is 479 g/mol. The number of allylic oxidation sites excluding steroid dienone is 2. The third-order valence-corrected chi connectivity index (χ3v) is 6.58. The fraction of sp³-hybridized carbons (Fsp3) is 0.259. The first-order valence-electron chi connectivity index (χ1n) is 11.0. The maximum atomic E-state index is 12.5. The first-order valence-corrected chi connectivity index (χ1v) is 12.6. The molecule has 0 atom stereocenters. The number of carbonyl (C=O) groups is 1. The lowest BCUT2D eigenvalue weighted by molar-refractivity contribution is 0.0515. The number of hydrogen-bond acceptors (Lipinski definition) is 5. The molecule has 2 aromatic carbocycles. The zero-order valence-electron chi connectivity index (χ0n) is 18.8. The highest BCUT2D eigenvalue weighted by Crippen LogP contribution is 2.43. The Bertz CT molecular complexity index is 1180. The Labute approximate surface area is 204 Å². The number of esters is 1. The van der Waals surface area contributed by atoms with Crippen LogP contribution in [0.5, 0.6) is 5.75 Å². The highest BCUT2D eigenvalue weighted by Gasteiger charge is 2.24. The maximum Gasteiger partial charge on any atom is 0.358 e. The summed E-state index contributed by atoms with van der Waals surface area (Å²) in [6.45, 7) is 2.59. The molecule has 0 unspecified atom stereocenters. The highest BCUT2D eigenvalue weighted by atomic mass is 35.5. The van der Waals surface area contributed by atoms with Crippen molar-refractivity contribution in [3.63, 3.8) is 0 Å². The number of benzene rings is 2. The minimum Gasteiger partial charge on any atom is -0.488 e. The largest absolute Gasteiger partial charge is 0.488 e. The number of thioether (sulfide) groups is 1. The maximum absolute atomic E-state index is 12.5. The van der Waals surface area contributed by atoms with E-state index in [1.54, 1.807) is 6.92 Å². The van der Waals surface area contributed by atoms with Gasteiger partial charge >= 0.3 is 5.97 Å². The van der Waals surface area contributed by atoms with Crippen LogP contribution in [0.15, 0.2) is 65.6 Å². The van der Waals surface area contributed by atoms with Crippen LogP contribution in [0.25, 0.3) is 11.1 Å². The molecule has 170 valence electrons. The van der Waals surface area contributed by atoms with Crippen molar-refractivity contribution in [3.8, 4) is 5.75 Å². The highest BCUT2D eigenvalue weighted by molar-refractivity contribution is 7.98. The van der Waals surface area contributed by atoms with Gasteiger partial charge in [0.2, 0.25) is 0 Å². The summed E-state index contributed by atoms with van der Waals surface area (Å²) >= 11 is 7.88. The molecule has 0 saturated carbocycles. The normalized spacial score (nSPS) is 13.3. The fourth-order valence-electron chi connectivity index (χ4n) is 4.05. The van der Waals surface area contributed by atoms with Crippen LogP contribution in [0.2, 0.25) is 5.02 Å². The van der Waals surface area contributed by atoms with E-state index in [2.05, 4.69) is 0 Å². The third-order valence-electron chi connectivity index (χ3n) is 5.58. The molecule has 1 aromatic heterocycles. The SMILES string of the molecule is CCOC(=O)c1nc(C2=C(c3cc(Cl)ccc3OCc3ccccc3)CCC2)ccc1SC. The third kappa shape index (κ3) is 5.43. The Morgan fingerprint density at radius 2 is 1.85 bits per heavy atom. The van der Waals surface area contributed by atoms with Crippen LogP contribution in [-0.2, 0) is 11.3 Å². The van der Waals surface area contributed by atoms with Gasteiger partial charge in [0.25, 0.3) is 0 Å². The number of nitrogens with zero attached hydrogens (tertiary/aromatic N) is 1. The van der Waals surface area contributed by atoms with Crippen molar-refractivity contribution in [3.05, 3.63) is 88.2 Å². The summed E-state index contributed by atoms with van der Waals surface area (Å²) in [6, 6.07) is 19.8. The smallest absolute Gasteiger partial charge is 0.358 e. The summed E-state index contributed by atoms with van der Waals surface area (Å²) in [7, 11) is 0. The van der Waals surface area contributed by atoms with E-state index in [4.69, 9.17) is 26.1 Å². The number of carbonyl (C=O) groups excluding carboxylic acids is 1. The number of rotatable bonds is 8. The van der Waals surface area contributed by atoms with Crippen LogP contribution in [0.3, 0.4) is 0 Å². The Morgan fingerprint density at radius 1 is 1.06 bits per heavy atom. The van der Waals surface area contributed by atoms with Gasteiger partial charge in [0, 0.05) is 15.5 Å². The van der Waals surface area contributed by atoms with Crippen LogP contribution >= 0.6 is 23.4 Å². The van der Waals surface area contributed by atoms with Crippen molar-refractivity contribution in [1.82, 2.24) is 4.98 Å². The van der Waals surface area contributed by atoms with Gasteiger partial charge in [-0.25, -0.2) is 9.78 Å². The molecule has 1 heterocycles. The predicted molar refractivity (Wildman–Crippen MR) is 135 cm³/mol. The van der Waals surface area contributed by atoms with Gasteiger partial charge in [-0.3, -0.25) is 0 Å². The van der Waals surface area contributed by atoms with Crippen LogP contribution in [0.1, 0.15) is 53.5 Å². The molecule has 4 nitrogen and oxygen atoms in total. The fourth-order valence-corrected chi connectivity index (χ4v) is 4.75.